The molecule has 0 aromatic heterocycles. The first-order valence-corrected chi connectivity index (χ1v) is 13.5. The molecule has 206 valence electrons. The lowest BCUT2D eigenvalue weighted by Crippen LogP contribution is -2.15. The van der Waals surface area contributed by atoms with E-state index in [0.717, 1.165) is 11.0 Å². The standard InChI is InChI=1S/C22H46INO10/c23-1-3-25-5-7-27-9-11-29-13-15-31-17-19-33-21-22-34-20-18-32-16-14-30-12-10-28-8-6-26-4-2-24/h1-22,24H2. The highest BCUT2D eigenvalue weighted by Crippen LogP contribution is 1.87. The van der Waals surface area contributed by atoms with Crippen molar-refractivity contribution in [2.24, 2.45) is 5.73 Å². The van der Waals surface area contributed by atoms with Crippen molar-refractivity contribution in [1.29, 1.82) is 0 Å². The number of hydrogen-bond acceptors (Lipinski definition) is 11. The minimum absolute atomic E-state index is 0.526. The zero-order valence-electron chi connectivity index (χ0n) is 20.6. The third-order valence-electron chi connectivity index (χ3n) is 3.83. The van der Waals surface area contributed by atoms with E-state index in [0.29, 0.717) is 132 Å². The normalized spacial score (nSPS) is 11.5. The highest BCUT2D eigenvalue weighted by Gasteiger charge is 1.95. The Labute approximate surface area is 218 Å². The fraction of sp³-hybridized carbons (Fsp3) is 1.00. The number of nitrogens with two attached hydrogens (primary N) is 1. The largest absolute Gasteiger partial charge is 0.378 e. The molecule has 0 aromatic carbocycles. The molecule has 0 bridgehead atoms. The Bertz CT molecular complexity index is 330. The SMILES string of the molecule is NCCOCCOCCOCCOCCOCCOCCOCCOCCOCCOCCI. The van der Waals surface area contributed by atoms with Gasteiger partial charge in [-0.25, -0.2) is 0 Å². The van der Waals surface area contributed by atoms with Crippen molar-refractivity contribution in [1.82, 2.24) is 0 Å². The Morgan fingerprint density at radius 3 is 0.647 bits per heavy atom. The molecule has 34 heavy (non-hydrogen) atoms. The molecule has 2 N–H and O–H groups in total. The highest BCUT2D eigenvalue weighted by molar-refractivity contribution is 14.1. The molecule has 0 spiro atoms. The van der Waals surface area contributed by atoms with E-state index in [9.17, 15) is 0 Å². The fourth-order valence-electron chi connectivity index (χ4n) is 2.22. The van der Waals surface area contributed by atoms with Gasteiger partial charge in [0.15, 0.2) is 0 Å². The van der Waals surface area contributed by atoms with Gasteiger partial charge in [-0.3, -0.25) is 0 Å². The van der Waals surface area contributed by atoms with Gasteiger partial charge < -0.3 is 53.1 Å². The molecule has 0 saturated heterocycles. The molecule has 0 saturated carbocycles. The molecule has 0 aromatic rings. The first-order chi connectivity index (χ1) is 16.9. The van der Waals surface area contributed by atoms with Crippen LogP contribution in [0.3, 0.4) is 0 Å². The lowest BCUT2D eigenvalue weighted by molar-refractivity contribution is -0.0261. The first-order valence-electron chi connectivity index (χ1n) is 11.9. The minimum atomic E-state index is 0.526. The summed E-state index contributed by atoms with van der Waals surface area (Å²) in [6, 6.07) is 0. The van der Waals surface area contributed by atoms with Crippen molar-refractivity contribution in [3.63, 3.8) is 0 Å². The number of alkyl halides is 1. The van der Waals surface area contributed by atoms with Crippen LogP contribution in [-0.2, 0) is 47.4 Å². The molecule has 0 atom stereocenters. The van der Waals surface area contributed by atoms with Crippen LogP contribution in [0, 0.1) is 0 Å². The molecule has 0 aliphatic carbocycles. The maximum atomic E-state index is 5.44. The van der Waals surface area contributed by atoms with Crippen molar-refractivity contribution < 1.29 is 47.4 Å². The summed E-state index contributed by atoms with van der Waals surface area (Å²) in [6.07, 6.45) is 0. The summed E-state index contributed by atoms with van der Waals surface area (Å²) >= 11 is 2.28. The second-order valence-corrected chi connectivity index (χ2v) is 7.68. The predicted octanol–water partition coefficient (Wildman–Crippen LogP) is 0.546. The molecule has 11 nitrogen and oxygen atoms in total. The molecular weight excluding hydrogens is 565 g/mol. The van der Waals surface area contributed by atoms with Gasteiger partial charge in [0.2, 0.25) is 0 Å². The van der Waals surface area contributed by atoms with Crippen LogP contribution in [-0.4, -0.2) is 143 Å². The summed E-state index contributed by atoms with van der Waals surface area (Å²) in [7, 11) is 0. The van der Waals surface area contributed by atoms with Crippen LogP contribution in [0.1, 0.15) is 0 Å². The third kappa shape index (κ3) is 32.3. The van der Waals surface area contributed by atoms with Crippen LogP contribution in [0.25, 0.3) is 0 Å². The maximum Gasteiger partial charge on any atom is 0.0701 e. The topological polar surface area (TPSA) is 118 Å². The molecule has 0 amide bonds. The molecule has 0 heterocycles. The van der Waals surface area contributed by atoms with Crippen LogP contribution < -0.4 is 5.73 Å². The van der Waals surface area contributed by atoms with Crippen molar-refractivity contribution in [3.8, 4) is 0 Å². The maximum absolute atomic E-state index is 5.44. The van der Waals surface area contributed by atoms with Gasteiger partial charge in [-0.15, -0.1) is 0 Å². The second kappa shape index (κ2) is 33.3. The Morgan fingerprint density at radius 2 is 0.471 bits per heavy atom. The Kier molecular flexibility index (Phi) is 33.6. The van der Waals surface area contributed by atoms with Crippen LogP contribution in [0.5, 0.6) is 0 Å². The van der Waals surface area contributed by atoms with E-state index in [2.05, 4.69) is 22.6 Å². The van der Waals surface area contributed by atoms with Gasteiger partial charge in [0.25, 0.3) is 0 Å². The summed E-state index contributed by atoms with van der Waals surface area (Å²) < 4.78 is 54.8. The lowest BCUT2D eigenvalue weighted by atomic mass is 10.6. The fourth-order valence-corrected chi connectivity index (χ4v) is 2.53. The monoisotopic (exact) mass is 611 g/mol. The van der Waals surface area contributed by atoms with Crippen molar-refractivity contribution in [3.05, 3.63) is 0 Å². The number of halogens is 1. The Hall–Kier alpha value is 0.290. The molecule has 0 unspecified atom stereocenters. The van der Waals surface area contributed by atoms with E-state index < -0.39 is 0 Å². The molecule has 12 heteroatoms. The van der Waals surface area contributed by atoms with E-state index >= 15 is 0 Å². The third-order valence-corrected chi connectivity index (χ3v) is 4.27. The summed E-state index contributed by atoms with van der Waals surface area (Å²) in [5.41, 5.74) is 5.32. The zero-order valence-corrected chi connectivity index (χ0v) is 22.8. The van der Waals surface area contributed by atoms with E-state index in [-0.39, 0.29) is 0 Å². The van der Waals surface area contributed by atoms with Crippen molar-refractivity contribution in [2.45, 2.75) is 0 Å². The quantitative estimate of drug-likeness (QED) is 0.0673. The Balaban J connectivity index is 2.99. The average molecular weight is 612 g/mol. The summed E-state index contributed by atoms with van der Waals surface area (Å²) in [4.78, 5) is 0. The predicted molar refractivity (Wildman–Crippen MR) is 136 cm³/mol. The van der Waals surface area contributed by atoms with Gasteiger partial charge in [0.1, 0.15) is 0 Å². The summed E-state index contributed by atoms with van der Waals surface area (Å²) in [5.74, 6) is 0. The van der Waals surface area contributed by atoms with Crippen LogP contribution in [0.4, 0.5) is 0 Å². The van der Waals surface area contributed by atoms with E-state index in [1.807, 2.05) is 0 Å². The van der Waals surface area contributed by atoms with Crippen molar-refractivity contribution in [2.75, 3.05) is 143 Å². The smallest absolute Gasteiger partial charge is 0.0701 e. The Morgan fingerprint density at radius 1 is 0.294 bits per heavy atom. The molecule has 0 rings (SSSR count). The first kappa shape index (κ1) is 34.3. The van der Waals surface area contributed by atoms with Gasteiger partial charge >= 0.3 is 0 Å². The van der Waals surface area contributed by atoms with E-state index in [1.165, 1.54) is 0 Å². The van der Waals surface area contributed by atoms with Gasteiger partial charge in [0, 0.05) is 11.0 Å². The summed E-state index contributed by atoms with van der Waals surface area (Å²) in [5, 5.41) is 0. The van der Waals surface area contributed by atoms with E-state index in [4.69, 9.17) is 53.1 Å². The van der Waals surface area contributed by atoms with Crippen LogP contribution in [0.15, 0.2) is 0 Å². The van der Waals surface area contributed by atoms with Crippen LogP contribution in [0.2, 0.25) is 0 Å². The molecule has 0 aliphatic rings. The van der Waals surface area contributed by atoms with Gasteiger partial charge in [-0.05, 0) is 0 Å². The number of ether oxygens (including phenoxy) is 10. The lowest BCUT2D eigenvalue weighted by Gasteiger charge is -2.09. The van der Waals surface area contributed by atoms with E-state index in [1.54, 1.807) is 0 Å². The van der Waals surface area contributed by atoms with Gasteiger partial charge in [-0.2, -0.15) is 0 Å². The van der Waals surface area contributed by atoms with Crippen molar-refractivity contribution >= 4 is 22.6 Å². The molecular formula is C22H46INO10. The number of hydrogen-bond donors (Lipinski definition) is 1. The average Bonchev–Trinajstić information content (AvgIpc) is 2.85. The molecule has 0 fully saturated rings. The van der Waals surface area contributed by atoms with Gasteiger partial charge in [-0.1, -0.05) is 22.6 Å². The molecule has 0 aliphatic heterocycles. The zero-order chi connectivity index (χ0) is 24.6. The molecule has 0 radical (unpaired) electrons. The number of rotatable bonds is 31. The minimum Gasteiger partial charge on any atom is -0.378 e. The second-order valence-electron chi connectivity index (χ2n) is 6.60. The van der Waals surface area contributed by atoms with Gasteiger partial charge in [0.05, 0.1) is 132 Å². The van der Waals surface area contributed by atoms with Crippen LogP contribution >= 0.6 is 22.6 Å². The highest BCUT2D eigenvalue weighted by atomic mass is 127. The summed E-state index contributed by atoms with van der Waals surface area (Å²) in [6.45, 7) is 11.7.